The molecule has 0 aromatic heterocycles. The van der Waals surface area contributed by atoms with Crippen LogP contribution >= 0.6 is 0 Å². The van der Waals surface area contributed by atoms with E-state index in [0.29, 0.717) is 13.2 Å². The third-order valence-corrected chi connectivity index (χ3v) is 2.97. The van der Waals surface area contributed by atoms with E-state index in [9.17, 15) is 4.79 Å². The zero-order valence-corrected chi connectivity index (χ0v) is 11.1. The summed E-state index contributed by atoms with van der Waals surface area (Å²) in [6.07, 6.45) is 0. The minimum atomic E-state index is -0.783. The van der Waals surface area contributed by atoms with Crippen LogP contribution < -0.4 is 10.1 Å². The highest BCUT2D eigenvalue weighted by Crippen LogP contribution is 2.11. The van der Waals surface area contributed by atoms with Crippen LogP contribution in [-0.2, 0) is 4.79 Å². The molecule has 0 unspecified atom stereocenters. The van der Waals surface area contributed by atoms with Crippen LogP contribution in [0.3, 0.4) is 0 Å². The lowest BCUT2D eigenvalue weighted by Gasteiger charge is -2.17. The number of aliphatic carboxylic acids is 1. The van der Waals surface area contributed by atoms with E-state index < -0.39 is 11.9 Å². The molecule has 0 aliphatic carbocycles. The Kier molecular flexibility index (Phi) is 5.65. The smallest absolute Gasteiger partial charge is 0.307 e. The van der Waals surface area contributed by atoms with Crippen LogP contribution in [-0.4, -0.2) is 30.3 Å². The predicted molar refractivity (Wildman–Crippen MR) is 70.9 cm³/mol. The molecule has 0 spiro atoms. The largest absolute Gasteiger partial charge is 0.492 e. The van der Waals surface area contributed by atoms with Gasteiger partial charge in [-0.2, -0.15) is 0 Å². The molecule has 2 atom stereocenters. The van der Waals surface area contributed by atoms with Crippen LogP contribution in [0.5, 0.6) is 5.75 Å². The Hall–Kier alpha value is -1.55. The number of hydrogen-bond acceptors (Lipinski definition) is 3. The van der Waals surface area contributed by atoms with E-state index >= 15 is 0 Å². The third-order valence-electron chi connectivity index (χ3n) is 2.97. The molecule has 0 amide bonds. The van der Waals surface area contributed by atoms with Crippen LogP contribution in [0.25, 0.3) is 0 Å². The summed E-state index contributed by atoms with van der Waals surface area (Å²) in [5, 5.41) is 12.0. The molecular formula is C14H21NO3. The second kappa shape index (κ2) is 7.01. The van der Waals surface area contributed by atoms with Gasteiger partial charge in [-0.25, -0.2) is 0 Å². The van der Waals surface area contributed by atoms with Crippen LogP contribution in [0.1, 0.15) is 19.4 Å². The van der Waals surface area contributed by atoms with E-state index in [0.717, 1.165) is 11.3 Å². The fourth-order valence-electron chi connectivity index (χ4n) is 1.55. The summed E-state index contributed by atoms with van der Waals surface area (Å²) in [6.45, 7) is 6.74. The summed E-state index contributed by atoms with van der Waals surface area (Å²) in [4.78, 5) is 10.8. The highest BCUT2D eigenvalue weighted by atomic mass is 16.5. The molecule has 0 fully saturated rings. The number of carbonyl (C=O) groups is 1. The molecule has 1 rings (SSSR count). The zero-order valence-electron chi connectivity index (χ0n) is 11.1. The molecule has 0 saturated carbocycles. The highest BCUT2D eigenvalue weighted by molar-refractivity contribution is 5.70. The van der Waals surface area contributed by atoms with Gasteiger partial charge in [-0.1, -0.05) is 19.1 Å². The monoisotopic (exact) mass is 251 g/mol. The summed E-state index contributed by atoms with van der Waals surface area (Å²) in [5.41, 5.74) is 1.16. The van der Waals surface area contributed by atoms with E-state index in [1.807, 2.05) is 38.1 Å². The molecule has 2 N–H and O–H groups in total. The van der Waals surface area contributed by atoms with Crippen molar-refractivity contribution in [3.8, 4) is 5.75 Å². The summed E-state index contributed by atoms with van der Waals surface area (Å²) in [6, 6.07) is 7.79. The molecule has 0 saturated heterocycles. The highest BCUT2D eigenvalue weighted by Gasteiger charge is 2.18. The summed E-state index contributed by atoms with van der Waals surface area (Å²) < 4.78 is 5.57. The number of hydrogen-bond donors (Lipinski definition) is 2. The summed E-state index contributed by atoms with van der Waals surface area (Å²) >= 11 is 0. The molecule has 0 heterocycles. The average Bonchev–Trinajstić information content (AvgIpc) is 2.33. The Morgan fingerprint density at radius 3 is 2.78 bits per heavy atom. The van der Waals surface area contributed by atoms with Crippen molar-refractivity contribution in [3.63, 3.8) is 0 Å². The van der Waals surface area contributed by atoms with Crippen molar-refractivity contribution in [3.05, 3.63) is 29.8 Å². The fourth-order valence-corrected chi connectivity index (χ4v) is 1.55. The number of carboxylic acid groups (broad SMARTS) is 1. The third kappa shape index (κ3) is 4.75. The van der Waals surface area contributed by atoms with Gasteiger partial charge in [-0.05, 0) is 31.5 Å². The molecule has 0 bridgehead atoms. The van der Waals surface area contributed by atoms with E-state index in [-0.39, 0.29) is 6.04 Å². The Balaban J connectivity index is 2.25. The number of aryl methyl sites for hydroxylation is 1. The van der Waals surface area contributed by atoms with Gasteiger partial charge in [0.25, 0.3) is 0 Å². The van der Waals surface area contributed by atoms with Crippen LogP contribution in [0.2, 0.25) is 0 Å². The zero-order chi connectivity index (χ0) is 13.5. The van der Waals surface area contributed by atoms with E-state index in [1.54, 1.807) is 6.92 Å². The number of ether oxygens (including phenoxy) is 1. The maximum absolute atomic E-state index is 10.8. The van der Waals surface area contributed by atoms with Gasteiger partial charge in [0.2, 0.25) is 0 Å². The van der Waals surface area contributed by atoms with E-state index in [2.05, 4.69) is 5.32 Å². The van der Waals surface area contributed by atoms with E-state index in [1.165, 1.54) is 0 Å². The first-order chi connectivity index (χ1) is 8.50. The molecule has 0 radical (unpaired) electrons. The normalized spacial score (nSPS) is 13.9. The first-order valence-corrected chi connectivity index (χ1v) is 6.16. The van der Waals surface area contributed by atoms with Crippen molar-refractivity contribution in [2.75, 3.05) is 13.2 Å². The van der Waals surface area contributed by atoms with Crippen molar-refractivity contribution < 1.29 is 14.6 Å². The second-order valence-corrected chi connectivity index (χ2v) is 4.53. The van der Waals surface area contributed by atoms with Gasteiger partial charge in [-0.3, -0.25) is 4.79 Å². The first kappa shape index (κ1) is 14.5. The predicted octanol–water partition coefficient (Wildman–Crippen LogP) is 2.07. The van der Waals surface area contributed by atoms with E-state index in [4.69, 9.17) is 9.84 Å². The molecule has 18 heavy (non-hydrogen) atoms. The van der Waals surface area contributed by atoms with Gasteiger partial charge < -0.3 is 15.2 Å². The average molecular weight is 251 g/mol. The Labute approximate surface area is 108 Å². The van der Waals surface area contributed by atoms with Gasteiger partial charge in [0.05, 0.1) is 5.92 Å². The Morgan fingerprint density at radius 2 is 2.17 bits per heavy atom. The minimum absolute atomic E-state index is 0.0661. The maximum Gasteiger partial charge on any atom is 0.307 e. The molecule has 1 aromatic rings. The fraction of sp³-hybridized carbons (Fsp3) is 0.500. The quantitative estimate of drug-likeness (QED) is 0.728. The topological polar surface area (TPSA) is 58.6 Å². The maximum atomic E-state index is 10.8. The van der Waals surface area contributed by atoms with Gasteiger partial charge >= 0.3 is 5.97 Å². The van der Waals surface area contributed by atoms with Crippen molar-refractivity contribution in [2.45, 2.75) is 26.8 Å². The minimum Gasteiger partial charge on any atom is -0.492 e. The lowest BCUT2D eigenvalue weighted by Crippen LogP contribution is -2.38. The van der Waals surface area contributed by atoms with Gasteiger partial charge in [0.15, 0.2) is 0 Å². The molecular weight excluding hydrogens is 230 g/mol. The number of benzene rings is 1. The molecule has 0 aliphatic rings. The standard InChI is InChI=1S/C14H21NO3/c1-10-5-4-6-13(9-10)18-8-7-15-12(3)11(2)14(16)17/h4-6,9,11-12,15H,7-8H2,1-3H3,(H,16,17)/t11-,12+/m0/s1. The lowest BCUT2D eigenvalue weighted by atomic mass is 10.0. The SMILES string of the molecule is Cc1cccc(OCCN[C@H](C)[C@H](C)C(=O)O)c1. The molecule has 1 aromatic carbocycles. The van der Waals surface area contributed by atoms with Crippen molar-refractivity contribution in [2.24, 2.45) is 5.92 Å². The van der Waals surface area contributed by atoms with Crippen LogP contribution in [0.15, 0.2) is 24.3 Å². The molecule has 4 heteroatoms. The number of rotatable bonds is 7. The van der Waals surface area contributed by atoms with Gasteiger partial charge in [0.1, 0.15) is 12.4 Å². The van der Waals surface area contributed by atoms with Crippen LogP contribution in [0.4, 0.5) is 0 Å². The first-order valence-electron chi connectivity index (χ1n) is 6.16. The summed E-state index contributed by atoms with van der Waals surface area (Å²) in [7, 11) is 0. The number of carboxylic acids is 1. The Morgan fingerprint density at radius 1 is 1.44 bits per heavy atom. The van der Waals surface area contributed by atoms with Crippen molar-refractivity contribution >= 4 is 5.97 Å². The van der Waals surface area contributed by atoms with Gasteiger partial charge in [-0.15, -0.1) is 0 Å². The second-order valence-electron chi connectivity index (χ2n) is 4.53. The summed E-state index contributed by atoms with van der Waals surface area (Å²) in [5.74, 6) is -0.339. The Bertz CT molecular complexity index is 392. The molecule has 100 valence electrons. The molecule has 4 nitrogen and oxygen atoms in total. The number of nitrogens with one attached hydrogen (secondary N) is 1. The molecule has 0 aliphatic heterocycles. The van der Waals surface area contributed by atoms with Crippen molar-refractivity contribution in [1.29, 1.82) is 0 Å². The lowest BCUT2D eigenvalue weighted by molar-refractivity contribution is -0.141. The van der Waals surface area contributed by atoms with Gasteiger partial charge in [0, 0.05) is 12.6 Å². The van der Waals surface area contributed by atoms with Crippen LogP contribution in [0, 0.1) is 12.8 Å². The van der Waals surface area contributed by atoms with Crippen molar-refractivity contribution in [1.82, 2.24) is 5.32 Å².